The van der Waals surface area contributed by atoms with E-state index in [1.807, 2.05) is 36.1 Å². The van der Waals surface area contributed by atoms with Gasteiger partial charge in [0.25, 0.3) is 5.91 Å². The number of benzene rings is 2. The first-order valence-corrected chi connectivity index (χ1v) is 9.27. The Labute approximate surface area is 163 Å². The predicted octanol–water partition coefficient (Wildman–Crippen LogP) is 3.83. The summed E-state index contributed by atoms with van der Waals surface area (Å²) in [5, 5.41) is 0.846. The first-order valence-electron chi connectivity index (χ1n) is 8.51. The number of hydrogen-bond donors (Lipinski definition) is 0. The van der Waals surface area contributed by atoms with Gasteiger partial charge in [0.05, 0.1) is 17.0 Å². The maximum Gasteiger partial charge on any atom is 0.255 e. The molecule has 0 aromatic heterocycles. The van der Waals surface area contributed by atoms with Crippen LogP contribution in [-0.2, 0) is 11.2 Å². The zero-order valence-electron chi connectivity index (χ0n) is 14.5. The third-order valence-electron chi connectivity index (χ3n) is 4.56. The second kappa shape index (κ2) is 8.11. The number of halogens is 2. The molecule has 1 heterocycles. The van der Waals surface area contributed by atoms with Crippen molar-refractivity contribution in [2.45, 2.75) is 13.3 Å². The highest BCUT2D eigenvalue weighted by atomic mass is 35.5. The standard InChI is InChI=1S/C20H20Cl2N2O2/c1-14-2-4-15(5-3-14)12-19(25)23-8-10-24(11-9-23)20(26)17-7-6-16(21)13-18(17)22/h2-7,13H,8-12H2,1H3. The molecule has 1 saturated heterocycles. The molecule has 0 atom stereocenters. The molecule has 0 aliphatic carbocycles. The number of carbonyl (C=O) groups excluding carboxylic acids is 2. The van der Waals surface area contributed by atoms with Gasteiger partial charge in [0.15, 0.2) is 0 Å². The van der Waals surface area contributed by atoms with Crippen LogP contribution in [0, 0.1) is 6.92 Å². The molecule has 0 N–H and O–H groups in total. The van der Waals surface area contributed by atoms with Gasteiger partial charge in [0, 0.05) is 31.2 Å². The van der Waals surface area contributed by atoms with E-state index >= 15 is 0 Å². The molecule has 0 spiro atoms. The molecule has 1 aliphatic heterocycles. The molecule has 0 saturated carbocycles. The Kier molecular flexibility index (Phi) is 5.84. The van der Waals surface area contributed by atoms with Gasteiger partial charge in [0.1, 0.15) is 0 Å². The van der Waals surface area contributed by atoms with Gasteiger partial charge in [-0.2, -0.15) is 0 Å². The number of hydrogen-bond acceptors (Lipinski definition) is 2. The average Bonchev–Trinajstić information content (AvgIpc) is 2.63. The van der Waals surface area contributed by atoms with E-state index in [-0.39, 0.29) is 11.8 Å². The topological polar surface area (TPSA) is 40.6 Å². The largest absolute Gasteiger partial charge is 0.339 e. The van der Waals surface area contributed by atoms with Crippen molar-refractivity contribution in [3.63, 3.8) is 0 Å². The number of nitrogens with zero attached hydrogens (tertiary/aromatic N) is 2. The van der Waals surface area contributed by atoms with Gasteiger partial charge >= 0.3 is 0 Å². The number of amides is 2. The third-order valence-corrected chi connectivity index (χ3v) is 5.10. The van der Waals surface area contributed by atoms with Crippen LogP contribution in [0.3, 0.4) is 0 Å². The summed E-state index contributed by atoms with van der Waals surface area (Å²) >= 11 is 12.0. The van der Waals surface area contributed by atoms with Crippen molar-refractivity contribution in [2.75, 3.05) is 26.2 Å². The summed E-state index contributed by atoms with van der Waals surface area (Å²) in [5.74, 6) is -0.0391. The molecule has 0 unspecified atom stereocenters. The van der Waals surface area contributed by atoms with E-state index in [1.165, 1.54) is 5.56 Å². The van der Waals surface area contributed by atoms with Crippen LogP contribution >= 0.6 is 23.2 Å². The number of carbonyl (C=O) groups is 2. The summed E-state index contributed by atoms with van der Waals surface area (Å²) in [5.41, 5.74) is 2.62. The van der Waals surface area contributed by atoms with Crippen molar-refractivity contribution in [1.29, 1.82) is 0 Å². The highest BCUT2D eigenvalue weighted by Crippen LogP contribution is 2.23. The van der Waals surface area contributed by atoms with Gasteiger partial charge in [-0.1, -0.05) is 53.0 Å². The van der Waals surface area contributed by atoms with Crippen LogP contribution in [0.25, 0.3) is 0 Å². The molecule has 1 aliphatic rings. The minimum absolute atomic E-state index is 0.0884. The summed E-state index contributed by atoms with van der Waals surface area (Å²) in [7, 11) is 0. The quantitative estimate of drug-likeness (QED) is 0.798. The van der Waals surface area contributed by atoms with Gasteiger partial charge in [-0.05, 0) is 30.7 Å². The summed E-state index contributed by atoms with van der Waals surface area (Å²) in [6.45, 7) is 4.08. The van der Waals surface area contributed by atoms with Crippen molar-refractivity contribution in [2.24, 2.45) is 0 Å². The van der Waals surface area contributed by atoms with Crippen molar-refractivity contribution < 1.29 is 9.59 Å². The molecule has 4 nitrogen and oxygen atoms in total. The zero-order valence-corrected chi connectivity index (χ0v) is 16.1. The van der Waals surface area contributed by atoms with Gasteiger partial charge < -0.3 is 9.80 Å². The minimum Gasteiger partial charge on any atom is -0.339 e. The molecule has 26 heavy (non-hydrogen) atoms. The summed E-state index contributed by atoms with van der Waals surface area (Å²) in [4.78, 5) is 28.6. The van der Waals surface area contributed by atoms with Crippen LogP contribution in [0.15, 0.2) is 42.5 Å². The van der Waals surface area contributed by atoms with Gasteiger partial charge in [0.2, 0.25) is 5.91 Å². The number of rotatable bonds is 3. The molecular weight excluding hydrogens is 371 g/mol. The molecule has 0 radical (unpaired) electrons. The van der Waals surface area contributed by atoms with Crippen LogP contribution in [0.5, 0.6) is 0 Å². The Morgan fingerprint density at radius 3 is 2.15 bits per heavy atom. The Bertz CT molecular complexity index is 813. The van der Waals surface area contributed by atoms with Crippen LogP contribution in [-0.4, -0.2) is 47.8 Å². The third kappa shape index (κ3) is 4.37. The lowest BCUT2D eigenvalue weighted by molar-refractivity contribution is -0.131. The molecule has 1 fully saturated rings. The van der Waals surface area contributed by atoms with E-state index in [4.69, 9.17) is 23.2 Å². The Balaban J connectivity index is 1.57. The fourth-order valence-corrected chi connectivity index (χ4v) is 3.47. The smallest absolute Gasteiger partial charge is 0.255 e. The van der Waals surface area contributed by atoms with E-state index < -0.39 is 0 Å². The lowest BCUT2D eigenvalue weighted by Gasteiger charge is -2.35. The van der Waals surface area contributed by atoms with Crippen LogP contribution in [0.1, 0.15) is 21.5 Å². The summed E-state index contributed by atoms with van der Waals surface area (Å²) in [6.07, 6.45) is 0.386. The van der Waals surface area contributed by atoms with Crippen molar-refractivity contribution >= 4 is 35.0 Å². The van der Waals surface area contributed by atoms with Crippen LogP contribution in [0.2, 0.25) is 10.0 Å². The Morgan fingerprint density at radius 1 is 0.923 bits per heavy atom. The summed E-state index contributed by atoms with van der Waals surface area (Å²) < 4.78 is 0. The van der Waals surface area contributed by atoms with E-state index in [0.717, 1.165) is 5.56 Å². The van der Waals surface area contributed by atoms with Crippen molar-refractivity contribution in [3.8, 4) is 0 Å². The predicted molar refractivity (Wildman–Crippen MR) is 104 cm³/mol. The van der Waals surface area contributed by atoms with E-state index in [2.05, 4.69) is 0 Å². The van der Waals surface area contributed by atoms with E-state index in [9.17, 15) is 9.59 Å². The zero-order chi connectivity index (χ0) is 18.7. The van der Waals surface area contributed by atoms with E-state index in [0.29, 0.717) is 48.2 Å². The molecule has 2 aromatic rings. The lowest BCUT2D eigenvalue weighted by atomic mass is 10.1. The lowest BCUT2D eigenvalue weighted by Crippen LogP contribution is -2.51. The van der Waals surface area contributed by atoms with Gasteiger partial charge in [-0.3, -0.25) is 9.59 Å². The van der Waals surface area contributed by atoms with Crippen LogP contribution in [0.4, 0.5) is 0 Å². The Hall–Kier alpha value is -2.04. The summed E-state index contributed by atoms with van der Waals surface area (Å²) in [6, 6.07) is 12.8. The van der Waals surface area contributed by atoms with Crippen molar-refractivity contribution in [3.05, 3.63) is 69.2 Å². The molecule has 3 rings (SSSR count). The Morgan fingerprint density at radius 2 is 1.54 bits per heavy atom. The fraction of sp³-hybridized carbons (Fsp3) is 0.300. The normalized spacial score (nSPS) is 14.4. The molecule has 0 bridgehead atoms. The molecule has 2 aromatic carbocycles. The second-order valence-electron chi connectivity index (χ2n) is 6.46. The second-order valence-corrected chi connectivity index (χ2v) is 7.30. The van der Waals surface area contributed by atoms with Crippen LogP contribution < -0.4 is 0 Å². The van der Waals surface area contributed by atoms with Gasteiger partial charge in [-0.15, -0.1) is 0 Å². The molecule has 2 amide bonds. The molecule has 136 valence electrons. The fourth-order valence-electron chi connectivity index (χ4n) is 2.98. The van der Waals surface area contributed by atoms with Gasteiger partial charge in [-0.25, -0.2) is 0 Å². The number of piperazine rings is 1. The van der Waals surface area contributed by atoms with E-state index in [1.54, 1.807) is 23.1 Å². The highest BCUT2D eigenvalue weighted by molar-refractivity contribution is 6.36. The molecule has 6 heteroatoms. The monoisotopic (exact) mass is 390 g/mol. The minimum atomic E-state index is -0.127. The maximum atomic E-state index is 12.6. The number of aryl methyl sites for hydroxylation is 1. The highest BCUT2D eigenvalue weighted by Gasteiger charge is 2.25. The maximum absolute atomic E-state index is 12.6. The van der Waals surface area contributed by atoms with Crippen molar-refractivity contribution in [1.82, 2.24) is 9.80 Å². The molecular formula is C20H20Cl2N2O2. The first kappa shape index (κ1) is 18.7. The SMILES string of the molecule is Cc1ccc(CC(=O)N2CCN(C(=O)c3ccc(Cl)cc3Cl)CC2)cc1. The first-order chi connectivity index (χ1) is 12.4. The average molecular weight is 391 g/mol.